The van der Waals surface area contributed by atoms with Gasteiger partial charge in [0.25, 0.3) is 0 Å². The van der Waals surface area contributed by atoms with E-state index < -0.39 is 5.60 Å². The van der Waals surface area contributed by atoms with E-state index in [1.54, 1.807) is 26.1 Å². The molecule has 2 N–H and O–H groups in total. The highest BCUT2D eigenvalue weighted by Crippen LogP contribution is 2.19. The number of nitrogens with zero attached hydrogens (tertiary/aromatic N) is 2. The molecule has 0 heterocycles. The molecule has 1 rings (SSSR count). The van der Waals surface area contributed by atoms with Gasteiger partial charge in [-0.05, 0) is 45.7 Å². The molecule has 0 aliphatic rings. The molecule has 0 radical (unpaired) electrons. The molecule has 0 aromatic heterocycles. The number of likely N-dealkylation sites (N-methyl/N-ethyl adjacent to an activating group) is 1. The van der Waals surface area contributed by atoms with Crippen LogP contribution in [-0.4, -0.2) is 63.4 Å². The van der Waals surface area contributed by atoms with Crippen molar-refractivity contribution >= 4 is 12.1 Å². The topological polar surface area (TPSA) is 75.2 Å². The second-order valence-corrected chi connectivity index (χ2v) is 7.39. The number of benzene rings is 1. The quantitative estimate of drug-likeness (QED) is 0.563. The van der Waals surface area contributed by atoms with Crippen molar-refractivity contribution in [2.45, 2.75) is 39.7 Å². The zero-order valence-corrected chi connectivity index (χ0v) is 17.7. The molecule has 152 valence electrons. The molecule has 0 aliphatic carbocycles. The summed E-state index contributed by atoms with van der Waals surface area (Å²) in [5.41, 5.74) is 1.87. The first kappa shape index (κ1) is 22.6. The van der Waals surface area contributed by atoms with Crippen LogP contribution in [0.15, 0.2) is 23.2 Å². The number of nitrogens with one attached hydrogen (secondary N) is 2. The summed E-state index contributed by atoms with van der Waals surface area (Å²) in [4.78, 5) is 17.7. The molecule has 0 saturated heterocycles. The summed E-state index contributed by atoms with van der Waals surface area (Å²) >= 11 is 0. The Balaban J connectivity index is 2.39. The number of hydrogen-bond donors (Lipinski definition) is 2. The Bertz CT molecular complexity index is 639. The third-order valence-electron chi connectivity index (χ3n) is 3.79. The van der Waals surface area contributed by atoms with E-state index in [-0.39, 0.29) is 6.09 Å². The van der Waals surface area contributed by atoms with Crippen LogP contribution < -0.4 is 15.4 Å². The lowest BCUT2D eigenvalue weighted by Crippen LogP contribution is -2.43. The molecule has 0 saturated carbocycles. The van der Waals surface area contributed by atoms with Crippen molar-refractivity contribution in [2.24, 2.45) is 4.99 Å². The zero-order valence-electron chi connectivity index (χ0n) is 17.7. The maximum absolute atomic E-state index is 11.9. The molecule has 7 nitrogen and oxygen atoms in total. The maximum atomic E-state index is 11.9. The highest BCUT2D eigenvalue weighted by Gasteiger charge is 2.19. The first-order valence-corrected chi connectivity index (χ1v) is 9.18. The van der Waals surface area contributed by atoms with Crippen LogP contribution >= 0.6 is 0 Å². The fraction of sp³-hybridized carbons (Fsp3) is 0.600. The van der Waals surface area contributed by atoms with Crippen LogP contribution in [0.4, 0.5) is 4.79 Å². The first-order valence-electron chi connectivity index (χ1n) is 9.18. The van der Waals surface area contributed by atoms with E-state index in [0.717, 1.165) is 24.3 Å². The number of ether oxygens (including phenoxy) is 2. The van der Waals surface area contributed by atoms with Gasteiger partial charge in [-0.2, -0.15) is 0 Å². The van der Waals surface area contributed by atoms with Crippen molar-refractivity contribution in [1.82, 2.24) is 15.5 Å². The number of carbonyl (C=O) groups is 1. The average Bonchev–Trinajstić information content (AvgIpc) is 2.58. The largest absolute Gasteiger partial charge is 0.496 e. The minimum Gasteiger partial charge on any atom is -0.496 e. The number of methoxy groups -OCH3 is 1. The average molecular weight is 379 g/mol. The van der Waals surface area contributed by atoms with E-state index in [0.29, 0.717) is 19.0 Å². The summed E-state index contributed by atoms with van der Waals surface area (Å²) < 4.78 is 10.7. The lowest BCUT2D eigenvalue weighted by molar-refractivity contribution is 0.0302. The molecule has 1 aromatic rings. The number of guanidine groups is 1. The monoisotopic (exact) mass is 378 g/mol. The molecule has 1 amide bonds. The van der Waals surface area contributed by atoms with Crippen LogP contribution in [0.3, 0.4) is 0 Å². The second-order valence-electron chi connectivity index (χ2n) is 7.39. The number of amides is 1. The van der Waals surface area contributed by atoms with Gasteiger partial charge in [-0.25, -0.2) is 4.79 Å². The first-order chi connectivity index (χ1) is 12.7. The molecule has 0 bridgehead atoms. The van der Waals surface area contributed by atoms with Crippen molar-refractivity contribution in [2.75, 3.05) is 40.8 Å². The number of rotatable bonds is 7. The standard InChI is InChI=1S/C20H34N4O3/c1-15-8-9-17(26-7)16(14-15)10-11-22-18(21-5)23-12-13-24(6)19(25)27-20(2,3)4/h8-9,14H,10-13H2,1-7H3,(H2,21,22,23). The van der Waals surface area contributed by atoms with Gasteiger partial charge in [0.15, 0.2) is 5.96 Å². The SMILES string of the molecule is CN=C(NCCc1cc(C)ccc1OC)NCCN(C)C(=O)OC(C)(C)C. The summed E-state index contributed by atoms with van der Waals surface area (Å²) in [6.07, 6.45) is 0.488. The van der Waals surface area contributed by atoms with Gasteiger partial charge in [0.1, 0.15) is 11.4 Å². The third kappa shape index (κ3) is 8.66. The van der Waals surface area contributed by atoms with E-state index in [9.17, 15) is 4.79 Å². The van der Waals surface area contributed by atoms with Crippen LogP contribution in [-0.2, 0) is 11.2 Å². The van der Waals surface area contributed by atoms with E-state index in [2.05, 4.69) is 28.6 Å². The van der Waals surface area contributed by atoms with Gasteiger partial charge in [0.05, 0.1) is 7.11 Å². The van der Waals surface area contributed by atoms with Gasteiger partial charge >= 0.3 is 6.09 Å². The van der Waals surface area contributed by atoms with Gasteiger partial charge in [0.2, 0.25) is 0 Å². The Hall–Kier alpha value is -2.44. The Morgan fingerprint density at radius 1 is 1.22 bits per heavy atom. The highest BCUT2D eigenvalue weighted by molar-refractivity contribution is 5.79. The van der Waals surface area contributed by atoms with Crippen LogP contribution in [0.5, 0.6) is 5.75 Å². The number of hydrogen-bond acceptors (Lipinski definition) is 4. The minimum absolute atomic E-state index is 0.334. The van der Waals surface area contributed by atoms with E-state index >= 15 is 0 Å². The number of aliphatic imine (C=N–C) groups is 1. The molecule has 0 spiro atoms. The molecule has 27 heavy (non-hydrogen) atoms. The fourth-order valence-corrected chi connectivity index (χ4v) is 2.41. The Morgan fingerprint density at radius 2 is 1.89 bits per heavy atom. The number of carbonyl (C=O) groups excluding carboxylic acids is 1. The van der Waals surface area contributed by atoms with Gasteiger partial charge < -0.3 is 25.0 Å². The van der Waals surface area contributed by atoms with Crippen molar-refractivity contribution < 1.29 is 14.3 Å². The van der Waals surface area contributed by atoms with Crippen molar-refractivity contribution in [1.29, 1.82) is 0 Å². The third-order valence-corrected chi connectivity index (χ3v) is 3.79. The summed E-state index contributed by atoms with van der Waals surface area (Å²) in [7, 11) is 5.12. The molecule has 0 fully saturated rings. The van der Waals surface area contributed by atoms with Crippen LogP contribution in [0, 0.1) is 6.92 Å². The van der Waals surface area contributed by atoms with E-state index in [1.807, 2.05) is 32.9 Å². The van der Waals surface area contributed by atoms with Crippen LogP contribution in [0.25, 0.3) is 0 Å². The van der Waals surface area contributed by atoms with E-state index in [1.165, 1.54) is 5.56 Å². The second kappa shape index (κ2) is 10.6. The number of aryl methyl sites for hydroxylation is 1. The Morgan fingerprint density at radius 3 is 2.48 bits per heavy atom. The normalized spacial score (nSPS) is 11.7. The van der Waals surface area contributed by atoms with Crippen molar-refractivity contribution in [3.8, 4) is 5.75 Å². The van der Waals surface area contributed by atoms with Gasteiger partial charge in [-0.1, -0.05) is 17.7 Å². The van der Waals surface area contributed by atoms with Gasteiger partial charge in [-0.15, -0.1) is 0 Å². The predicted molar refractivity (Wildman–Crippen MR) is 110 cm³/mol. The minimum atomic E-state index is -0.493. The van der Waals surface area contributed by atoms with Gasteiger partial charge in [-0.3, -0.25) is 4.99 Å². The van der Waals surface area contributed by atoms with Crippen molar-refractivity contribution in [3.05, 3.63) is 29.3 Å². The smallest absolute Gasteiger partial charge is 0.410 e. The maximum Gasteiger partial charge on any atom is 0.410 e. The lowest BCUT2D eigenvalue weighted by atomic mass is 10.1. The fourth-order valence-electron chi connectivity index (χ4n) is 2.41. The summed E-state index contributed by atoms with van der Waals surface area (Å²) in [5, 5.41) is 6.48. The predicted octanol–water partition coefficient (Wildman–Crippen LogP) is 2.58. The molecule has 7 heteroatoms. The van der Waals surface area contributed by atoms with Crippen molar-refractivity contribution in [3.63, 3.8) is 0 Å². The molecule has 0 aliphatic heterocycles. The molecule has 1 aromatic carbocycles. The molecular formula is C20H34N4O3. The summed E-state index contributed by atoms with van der Waals surface area (Å²) in [5.74, 6) is 1.59. The summed E-state index contributed by atoms with van der Waals surface area (Å²) in [6, 6.07) is 6.16. The van der Waals surface area contributed by atoms with Gasteiger partial charge in [0, 0.05) is 33.7 Å². The summed E-state index contributed by atoms with van der Waals surface area (Å²) in [6.45, 7) is 9.44. The molecule has 0 unspecified atom stereocenters. The van der Waals surface area contributed by atoms with Crippen LogP contribution in [0.2, 0.25) is 0 Å². The van der Waals surface area contributed by atoms with E-state index in [4.69, 9.17) is 9.47 Å². The van der Waals surface area contributed by atoms with Crippen LogP contribution in [0.1, 0.15) is 31.9 Å². The highest BCUT2D eigenvalue weighted by atomic mass is 16.6. The molecule has 0 atom stereocenters. The molecular weight excluding hydrogens is 344 g/mol. The lowest BCUT2D eigenvalue weighted by Gasteiger charge is -2.25. The zero-order chi connectivity index (χ0) is 20.4. The Labute approximate surface area is 163 Å². The Kier molecular flexibility index (Phi) is 8.91.